The highest BCUT2D eigenvalue weighted by atomic mass is 16.5. The summed E-state index contributed by atoms with van der Waals surface area (Å²) in [6.07, 6.45) is 2.94. The Balaban J connectivity index is 1.88. The van der Waals surface area contributed by atoms with Crippen molar-refractivity contribution in [2.45, 2.75) is 25.0 Å². The number of hydrogen-bond acceptors (Lipinski definition) is 4. The third-order valence-corrected chi connectivity index (χ3v) is 3.96. The number of ether oxygens (including phenoxy) is 1. The minimum atomic E-state index is 0.354. The molecule has 0 radical (unpaired) electrons. The Kier molecular flexibility index (Phi) is 4.58. The van der Waals surface area contributed by atoms with Crippen LogP contribution < -0.4 is 10.6 Å². The van der Waals surface area contributed by atoms with E-state index in [1.54, 1.807) is 0 Å². The molecule has 2 atom stereocenters. The molecule has 0 saturated carbocycles. The maximum absolute atomic E-state index is 5.87. The highest BCUT2D eigenvalue weighted by Crippen LogP contribution is 2.23. The molecule has 0 aromatic heterocycles. The molecule has 4 heteroatoms. The molecule has 0 spiro atoms. The van der Waals surface area contributed by atoms with Gasteiger partial charge < -0.3 is 20.3 Å². The van der Waals surface area contributed by atoms with Crippen molar-refractivity contribution in [3.63, 3.8) is 0 Å². The second-order valence-electron chi connectivity index (χ2n) is 5.07. The van der Waals surface area contributed by atoms with Crippen molar-refractivity contribution >= 4 is 0 Å². The topological polar surface area (TPSA) is 36.5 Å². The van der Waals surface area contributed by atoms with Gasteiger partial charge in [-0.15, -0.1) is 0 Å². The highest BCUT2D eigenvalue weighted by Gasteiger charge is 2.31. The molecule has 2 aliphatic rings. The molecule has 4 nitrogen and oxygen atoms in total. The number of morpholine rings is 1. The molecule has 94 valence electrons. The average molecular weight is 227 g/mol. The summed E-state index contributed by atoms with van der Waals surface area (Å²) in [6, 6.07) is 0.515. The molecule has 2 rings (SSSR count). The lowest BCUT2D eigenvalue weighted by atomic mass is 9.86. The lowest BCUT2D eigenvalue weighted by molar-refractivity contribution is -0.0152. The summed E-state index contributed by atoms with van der Waals surface area (Å²) in [4.78, 5) is 2.42. The summed E-state index contributed by atoms with van der Waals surface area (Å²) in [5.74, 6) is 0.770. The molecular formula is C12H25N3O. The Morgan fingerprint density at radius 2 is 2.12 bits per heavy atom. The molecule has 2 aliphatic heterocycles. The predicted octanol–water partition coefficient (Wildman–Crippen LogP) is -0.0954. The van der Waals surface area contributed by atoms with Gasteiger partial charge in [0, 0.05) is 19.1 Å². The fourth-order valence-corrected chi connectivity index (χ4v) is 2.93. The second-order valence-corrected chi connectivity index (χ2v) is 5.07. The monoisotopic (exact) mass is 227 g/mol. The molecule has 16 heavy (non-hydrogen) atoms. The molecule has 2 unspecified atom stereocenters. The van der Waals surface area contributed by atoms with Gasteiger partial charge in [-0.2, -0.15) is 0 Å². The number of piperidine rings is 1. The lowest BCUT2D eigenvalue weighted by Gasteiger charge is -2.39. The van der Waals surface area contributed by atoms with Crippen LogP contribution in [0.25, 0.3) is 0 Å². The van der Waals surface area contributed by atoms with Crippen LogP contribution in [0.3, 0.4) is 0 Å². The van der Waals surface area contributed by atoms with Crippen molar-refractivity contribution in [3.8, 4) is 0 Å². The highest BCUT2D eigenvalue weighted by molar-refractivity contribution is 4.88. The van der Waals surface area contributed by atoms with E-state index in [0.717, 1.165) is 25.6 Å². The smallest absolute Gasteiger partial charge is 0.0855 e. The third-order valence-electron chi connectivity index (χ3n) is 3.96. The van der Waals surface area contributed by atoms with Crippen LogP contribution in [0.1, 0.15) is 12.8 Å². The fourth-order valence-electron chi connectivity index (χ4n) is 2.93. The van der Waals surface area contributed by atoms with E-state index in [9.17, 15) is 0 Å². The summed E-state index contributed by atoms with van der Waals surface area (Å²) >= 11 is 0. The van der Waals surface area contributed by atoms with Gasteiger partial charge in [0.15, 0.2) is 0 Å². The zero-order valence-corrected chi connectivity index (χ0v) is 10.5. The average Bonchev–Trinajstić information content (AvgIpc) is 2.34. The van der Waals surface area contributed by atoms with Crippen LogP contribution in [-0.4, -0.2) is 63.9 Å². The van der Waals surface area contributed by atoms with E-state index in [2.05, 4.69) is 29.6 Å². The van der Waals surface area contributed by atoms with Gasteiger partial charge in [0.1, 0.15) is 0 Å². The van der Waals surface area contributed by atoms with Crippen molar-refractivity contribution in [1.29, 1.82) is 0 Å². The Morgan fingerprint density at radius 1 is 1.38 bits per heavy atom. The Morgan fingerprint density at radius 3 is 2.69 bits per heavy atom. The van der Waals surface area contributed by atoms with Crippen molar-refractivity contribution in [2.75, 3.05) is 46.9 Å². The van der Waals surface area contributed by atoms with Gasteiger partial charge in [0.2, 0.25) is 0 Å². The van der Waals surface area contributed by atoms with Crippen LogP contribution in [0.2, 0.25) is 0 Å². The number of hydrogen-bond donors (Lipinski definition) is 2. The van der Waals surface area contributed by atoms with Gasteiger partial charge in [-0.05, 0) is 45.9 Å². The minimum absolute atomic E-state index is 0.354. The van der Waals surface area contributed by atoms with Crippen LogP contribution in [0, 0.1) is 5.92 Å². The Labute approximate surface area is 98.7 Å². The Hall–Kier alpha value is -0.160. The van der Waals surface area contributed by atoms with E-state index in [1.165, 1.54) is 25.9 Å². The second kappa shape index (κ2) is 5.96. The van der Waals surface area contributed by atoms with E-state index in [0.29, 0.717) is 12.1 Å². The quantitative estimate of drug-likeness (QED) is 0.706. The first-order valence-corrected chi connectivity index (χ1v) is 6.49. The number of rotatable bonds is 3. The molecule has 0 amide bonds. The number of nitrogens with one attached hydrogen (secondary N) is 2. The molecule has 2 N–H and O–H groups in total. The van der Waals surface area contributed by atoms with E-state index < -0.39 is 0 Å². The molecular weight excluding hydrogens is 202 g/mol. The van der Waals surface area contributed by atoms with Gasteiger partial charge in [-0.25, -0.2) is 0 Å². The molecule has 0 aromatic rings. The van der Waals surface area contributed by atoms with Crippen LogP contribution in [0.15, 0.2) is 0 Å². The zero-order valence-electron chi connectivity index (χ0n) is 10.5. The van der Waals surface area contributed by atoms with Crippen LogP contribution >= 0.6 is 0 Å². The summed E-state index contributed by atoms with van der Waals surface area (Å²) in [7, 11) is 4.28. The number of likely N-dealkylation sites (tertiary alicyclic amines) is 1. The Bertz CT molecular complexity index is 198. The maximum Gasteiger partial charge on any atom is 0.0855 e. The van der Waals surface area contributed by atoms with Gasteiger partial charge in [-0.3, -0.25) is 0 Å². The molecule has 2 fully saturated rings. The van der Waals surface area contributed by atoms with Crippen LogP contribution in [0.4, 0.5) is 0 Å². The summed E-state index contributed by atoms with van der Waals surface area (Å²) in [6.45, 7) is 5.31. The predicted molar refractivity (Wildman–Crippen MR) is 65.7 cm³/mol. The maximum atomic E-state index is 5.87. The molecule has 0 aliphatic carbocycles. The first-order valence-electron chi connectivity index (χ1n) is 6.49. The van der Waals surface area contributed by atoms with Crippen molar-refractivity contribution in [1.82, 2.24) is 15.5 Å². The van der Waals surface area contributed by atoms with E-state index in [4.69, 9.17) is 4.74 Å². The summed E-state index contributed by atoms with van der Waals surface area (Å²) in [5.41, 5.74) is 0. The molecule has 2 heterocycles. The van der Waals surface area contributed by atoms with Gasteiger partial charge in [-0.1, -0.05) is 0 Å². The van der Waals surface area contributed by atoms with Crippen LogP contribution in [0.5, 0.6) is 0 Å². The first-order chi connectivity index (χ1) is 7.81. The lowest BCUT2D eigenvalue weighted by Crippen LogP contribution is -2.54. The van der Waals surface area contributed by atoms with Crippen LogP contribution in [-0.2, 0) is 4.74 Å². The van der Waals surface area contributed by atoms with Crippen molar-refractivity contribution in [2.24, 2.45) is 5.92 Å². The SMILES string of the molecule is CNC(C1CCN(C)CC1)C1CNCCO1. The largest absolute Gasteiger partial charge is 0.374 e. The first kappa shape index (κ1) is 12.3. The standard InChI is InChI=1S/C12H25N3O/c1-13-12(11-9-14-5-8-16-11)10-3-6-15(2)7-4-10/h10-14H,3-9H2,1-2H3. The normalized spacial score (nSPS) is 31.5. The van der Waals surface area contributed by atoms with Crippen molar-refractivity contribution < 1.29 is 4.74 Å². The van der Waals surface area contributed by atoms with Gasteiger partial charge in [0.05, 0.1) is 12.7 Å². The summed E-state index contributed by atoms with van der Waals surface area (Å²) in [5, 5.41) is 6.89. The number of likely N-dealkylation sites (N-methyl/N-ethyl adjacent to an activating group) is 1. The number of nitrogens with zero attached hydrogens (tertiary/aromatic N) is 1. The fraction of sp³-hybridized carbons (Fsp3) is 1.00. The van der Waals surface area contributed by atoms with E-state index in [-0.39, 0.29) is 0 Å². The van der Waals surface area contributed by atoms with Gasteiger partial charge in [0.25, 0.3) is 0 Å². The molecule has 0 bridgehead atoms. The van der Waals surface area contributed by atoms with E-state index >= 15 is 0 Å². The van der Waals surface area contributed by atoms with E-state index in [1.807, 2.05) is 0 Å². The molecule has 0 aromatic carbocycles. The van der Waals surface area contributed by atoms with Gasteiger partial charge >= 0.3 is 0 Å². The molecule has 2 saturated heterocycles. The third kappa shape index (κ3) is 2.94. The van der Waals surface area contributed by atoms with Crippen molar-refractivity contribution in [3.05, 3.63) is 0 Å². The minimum Gasteiger partial charge on any atom is -0.374 e. The zero-order chi connectivity index (χ0) is 11.4. The summed E-state index contributed by atoms with van der Waals surface area (Å²) < 4.78 is 5.87.